The molecule has 0 bridgehead atoms. The Labute approximate surface area is 228 Å². The van der Waals surface area contributed by atoms with Crippen molar-refractivity contribution in [2.75, 3.05) is 11.4 Å². The van der Waals surface area contributed by atoms with Gasteiger partial charge in [-0.3, -0.25) is 14.6 Å². The van der Waals surface area contributed by atoms with Gasteiger partial charge in [0.2, 0.25) is 5.91 Å². The summed E-state index contributed by atoms with van der Waals surface area (Å²) >= 11 is 6.50. The number of benzene rings is 2. The predicted molar refractivity (Wildman–Crippen MR) is 145 cm³/mol. The molecule has 0 saturated heterocycles. The first-order valence-corrected chi connectivity index (χ1v) is 12.6. The van der Waals surface area contributed by atoms with E-state index < -0.39 is 29.7 Å². The second-order valence-electron chi connectivity index (χ2n) is 9.13. The normalized spacial score (nSPS) is 15.5. The number of allylic oxidation sites excluding steroid dienone is 1. The van der Waals surface area contributed by atoms with Gasteiger partial charge in [0.15, 0.2) is 0 Å². The van der Waals surface area contributed by atoms with Crippen molar-refractivity contribution in [1.82, 2.24) is 20.1 Å². The molecule has 0 spiro atoms. The van der Waals surface area contributed by atoms with E-state index in [-0.39, 0.29) is 34.9 Å². The van der Waals surface area contributed by atoms with Gasteiger partial charge in [0.05, 0.1) is 27.7 Å². The first kappa shape index (κ1) is 26.2. The third-order valence-corrected chi connectivity index (χ3v) is 6.75. The zero-order valence-corrected chi connectivity index (χ0v) is 21.7. The summed E-state index contributed by atoms with van der Waals surface area (Å²) in [7, 11) is 0. The van der Waals surface area contributed by atoms with Crippen molar-refractivity contribution in [3.63, 3.8) is 0 Å². The smallest absolute Gasteiger partial charge is 0.275 e. The van der Waals surface area contributed by atoms with E-state index in [1.807, 2.05) is 13.0 Å². The number of halogens is 3. The molecule has 2 aromatic heterocycles. The summed E-state index contributed by atoms with van der Waals surface area (Å²) in [5, 5.41) is 7.16. The summed E-state index contributed by atoms with van der Waals surface area (Å²) in [6.45, 7) is 1.75. The molecule has 0 aliphatic carbocycles. The molecule has 10 heteroatoms. The van der Waals surface area contributed by atoms with Crippen molar-refractivity contribution < 1.29 is 18.4 Å². The number of aryl methyl sites for hydroxylation is 1. The van der Waals surface area contributed by atoms with Gasteiger partial charge in [-0.25, -0.2) is 13.5 Å². The van der Waals surface area contributed by atoms with Crippen LogP contribution in [0.4, 0.5) is 14.5 Å². The van der Waals surface area contributed by atoms with Crippen LogP contribution in [-0.2, 0) is 11.3 Å². The SMILES string of the molecule is Cc1ccn(-c2ccc(C(=O)N3CCC(F)(F)/C(=C\C(=O)NCc4ccncc4)c4ccccc43)c(Cl)c2)n1. The van der Waals surface area contributed by atoms with Gasteiger partial charge in [-0.15, -0.1) is 0 Å². The minimum Gasteiger partial charge on any atom is -0.348 e. The summed E-state index contributed by atoms with van der Waals surface area (Å²) in [4.78, 5) is 31.6. The van der Waals surface area contributed by atoms with Crippen LogP contribution in [-0.4, -0.2) is 39.0 Å². The number of aromatic nitrogens is 3. The predicted octanol–water partition coefficient (Wildman–Crippen LogP) is 5.61. The van der Waals surface area contributed by atoms with Crippen molar-refractivity contribution in [2.24, 2.45) is 0 Å². The number of carbonyl (C=O) groups is 2. The van der Waals surface area contributed by atoms with Crippen LogP contribution >= 0.6 is 11.6 Å². The molecule has 1 aliphatic rings. The van der Waals surface area contributed by atoms with Crippen LogP contribution in [0.25, 0.3) is 11.3 Å². The summed E-state index contributed by atoms with van der Waals surface area (Å²) in [6, 6.07) is 16.5. The van der Waals surface area contributed by atoms with E-state index in [0.29, 0.717) is 5.69 Å². The third kappa shape index (κ3) is 5.58. The van der Waals surface area contributed by atoms with Crippen LogP contribution in [0.1, 0.15) is 33.6 Å². The summed E-state index contributed by atoms with van der Waals surface area (Å²) in [5.74, 6) is -4.54. The summed E-state index contributed by atoms with van der Waals surface area (Å²) in [6.07, 6.45) is 5.19. The topological polar surface area (TPSA) is 80.1 Å². The van der Waals surface area contributed by atoms with Crippen LogP contribution in [0.5, 0.6) is 0 Å². The Kier molecular flexibility index (Phi) is 7.26. The van der Waals surface area contributed by atoms with E-state index in [9.17, 15) is 9.59 Å². The lowest BCUT2D eigenvalue weighted by atomic mass is 9.97. The zero-order chi connectivity index (χ0) is 27.6. The second-order valence-corrected chi connectivity index (χ2v) is 9.53. The largest absolute Gasteiger partial charge is 0.348 e. The van der Waals surface area contributed by atoms with Crippen molar-refractivity contribution in [3.05, 3.63) is 113 Å². The van der Waals surface area contributed by atoms with Crippen LogP contribution in [0, 0.1) is 6.92 Å². The molecule has 0 radical (unpaired) electrons. The zero-order valence-electron chi connectivity index (χ0n) is 20.9. The van der Waals surface area contributed by atoms with Crippen LogP contribution in [0.3, 0.4) is 0 Å². The Bertz CT molecular complexity index is 1570. The Hall–Kier alpha value is -4.37. The molecule has 0 fully saturated rings. The molecule has 1 N–H and O–H groups in total. The minimum absolute atomic E-state index is 0.104. The Morgan fingerprint density at radius 1 is 1.10 bits per heavy atom. The number of alkyl halides is 2. The van der Waals surface area contributed by atoms with Gasteiger partial charge in [-0.05, 0) is 55.0 Å². The monoisotopic (exact) mass is 547 g/mol. The van der Waals surface area contributed by atoms with Crippen LogP contribution in [0.2, 0.25) is 5.02 Å². The number of anilines is 1. The Morgan fingerprint density at radius 2 is 1.87 bits per heavy atom. The molecular formula is C29H24ClF2N5O2. The van der Waals surface area contributed by atoms with Gasteiger partial charge in [0.25, 0.3) is 11.8 Å². The molecule has 1 aliphatic heterocycles. The highest BCUT2D eigenvalue weighted by atomic mass is 35.5. The van der Waals surface area contributed by atoms with E-state index in [1.165, 1.54) is 11.0 Å². The Morgan fingerprint density at radius 3 is 2.59 bits per heavy atom. The number of carbonyl (C=O) groups excluding carboxylic acids is 2. The summed E-state index contributed by atoms with van der Waals surface area (Å²) < 4.78 is 32.6. The number of amides is 2. The lowest BCUT2D eigenvalue weighted by Crippen LogP contribution is -2.33. The van der Waals surface area contributed by atoms with Gasteiger partial charge >= 0.3 is 0 Å². The lowest BCUT2D eigenvalue weighted by molar-refractivity contribution is -0.116. The highest BCUT2D eigenvalue weighted by Crippen LogP contribution is 2.43. The van der Waals surface area contributed by atoms with Gasteiger partial charge in [0, 0.05) is 55.3 Å². The number of fused-ring (bicyclic) bond motifs is 1. The molecule has 4 aromatic rings. The quantitative estimate of drug-likeness (QED) is 0.329. The molecule has 0 atom stereocenters. The molecule has 39 heavy (non-hydrogen) atoms. The van der Waals surface area contributed by atoms with Crippen LogP contribution < -0.4 is 10.2 Å². The van der Waals surface area contributed by atoms with E-state index in [2.05, 4.69) is 15.4 Å². The van der Waals surface area contributed by atoms with E-state index in [4.69, 9.17) is 11.6 Å². The number of hydrogen-bond donors (Lipinski definition) is 1. The molecule has 5 rings (SSSR count). The van der Waals surface area contributed by atoms with Gasteiger partial charge in [0.1, 0.15) is 0 Å². The molecule has 0 unspecified atom stereocenters. The molecule has 2 aromatic carbocycles. The molecule has 3 heterocycles. The van der Waals surface area contributed by atoms with Gasteiger partial charge in [-0.2, -0.15) is 5.10 Å². The molecule has 7 nitrogen and oxygen atoms in total. The average molecular weight is 548 g/mol. The first-order valence-electron chi connectivity index (χ1n) is 12.2. The maximum atomic E-state index is 15.5. The van der Waals surface area contributed by atoms with Crippen molar-refractivity contribution in [1.29, 1.82) is 0 Å². The number of hydrogen-bond acceptors (Lipinski definition) is 4. The molecule has 0 saturated carbocycles. The van der Waals surface area contributed by atoms with E-state index >= 15 is 8.78 Å². The number of para-hydroxylation sites is 1. The van der Waals surface area contributed by atoms with E-state index in [0.717, 1.165) is 17.3 Å². The highest BCUT2D eigenvalue weighted by molar-refractivity contribution is 6.34. The molecule has 198 valence electrons. The highest BCUT2D eigenvalue weighted by Gasteiger charge is 2.41. The fourth-order valence-electron chi connectivity index (χ4n) is 4.43. The van der Waals surface area contributed by atoms with Crippen LogP contribution in [0.15, 0.2) is 85.3 Å². The van der Waals surface area contributed by atoms with Crippen molar-refractivity contribution >= 4 is 34.7 Å². The maximum absolute atomic E-state index is 15.5. The lowest BCUT2D eigenvalue weighted by Gasteiger charge is -2.23. The van der Waals surface area contributed by atoms with Gasteiger partial charge < -0.3 is 10.2 Å². The minimum atomic E-state index is -3.36. The van der Waals surface area contributed by atoms with Crippen molar-refractivity contribution in [3.8, 4) is 5.69 Å². The number of nitrogens with zero attached hydrogens (tertiary/aromatic N) is 4. The number of nitrogens with one attached hydrogen (secondary N) is 1. The summed E-state index contributed by atoms with van der Waals surface area (Å²) in [5.41, 5.74) is 2.37. The standard InChI is InChI=1S/C29H24ClF2N5O2/c1-19-10-14-37(35-19)21-6-7-23(25(30)16-21)28(39)36-15-11-29(31,32)24(22-4-2-3-5-26(22)36)17-27(38)34-18-20-8-12-33-13-9-20/h2-10,12-14,16-17H,11,15,18H2,1H3,(H,34,38)/b24-17-. The number of pyridine rings is 1. The average Bonchev–Trinajstić information content (AvgIpc) is 3.33. The Balaban J connectivity index is 1.46. The maximum Gasteiger partial charge on any atom is 0.275 e. The number of rotatable bonds is 5. The fraction of sp³-hybridized carbons (Fsp3) is 0.172. The molecule has 2 amide bonds. The van der Waals surface area contributed by atoms with E-state index in [1.54, 1.807) is 71.8 Å². The first-order chi connectivity index (χ1) is 18.7. The van der Waals surface area contributed by atoms with Crippen molar-refractivity contribution in [2.45, 2.75) is 25.8 Å². The fourth-order valence-corrected chi connectivity index (χ4v) is 4.69. The van der Waals surface area contributed by atoms with Gasteiger partial charge in [-0.1, -0.05) is 29.8 Å². The second kappa shape index (κ2) is 10.8. The molecular weight excluding hydrogens is 524 g/mol. The third-order valence-electron chi connectivity index (χ3n) is 6.44.